The zero-order valence-electron chi connectivity index (χ0n) is 15.1. The van der Waals surface area contributed by atoms with Crippen molar-refractivity contribution < 1.29 is 24.5 Å². The van der Waals surface area contributed by atoms with E-state index in [1.165, 1.54) is 44.9 Å². The molecule has 0 saturated carbocycles. The van der Waals surface area contributed by atoms with Crippen LogP contribution in [0.4, 0.5) is 0 Å². The molecule has 0 aliphatic heterocycles. The van der Waals surface area contributed by atoms with Crippen molar-refractivity contribution in [2.24, 2.45) is 0 Å². The summed E-state index contributed by atoms with van der Waals surface area (Å²) >= 11 is 0. The molecule has 0 aromatic heterocycles. The fourth-order valence-electron chi connectivity index (χ4n) is 2.52. The van der Waals surface area contributed by atoms with Crippen LogP contribution in [0.15, 0.2) is 0 Å². The molecule has 0 saturated heterocycles. The van der Waals surface area contributed by atoms with Gasteiger partial charge in [-0.2, -0.15) is 0 Å². The van der Waals surface area contributed by atoms with E-state index in [9.17, 15) is 9.59 Å². The van der Waals surface area contributed by atoms with Crippen molar-refractivity contribution in [2.45, 2.75) is 83.6 Å². The Morgan fingerprint density at radius 3 is 2.00 bits per heavy atom. The van der Waals surface area contributed by atoms with Crippen LogP contribution >= 0.6 is 0 Å². The van der Waals surface area contributed by atoms with E-state index in [1.807, 2.05) is 0 Å². The van der Waals surface area contributed by atoms with Gasteiger partial charge in [0.15, 0.2) is 0 Å². The van der Waals surface area contributed by atoms with Crippen LogP contribution in [0.3, 0.4) is 0 Å². The SMILES string of the molecule is CCCCCCCCCCCCOC(=O)C(CC(=O)O)NCCO. The lowest BCUT2D eigenvalue weighted by molar-refractivity contribution is -0.150. The van der Waals surface area contributed by atoms with Gasteiger partial charge in [0.2, 0.25) is 0 Å². The van der Waals surface area contributed by atoms with Crippen LogP contribution in [-0.4, -0.2) is 48.0 Å². The summed E-state index contributed by atoms with van der Waals surface area (Å²) in [5.74, 6) is -1.62. The molecule has 0 aliphatic carbocycles. The maximum absolute atomic E-state index is 11.8. The molecule has 6 heteroatoms. The number of unbranched alkanes of at least 4 members (excludes halogenated alkanes) is 9. The van der Waals surface area contributed by atoms with Crippen molar-refractivity contribution in [3.8, 4) is 0 Å². The van der Waals surface area contributed by atoms with Crippen LogP contribution in [0.5, 0.6) is 0 Å². The summed E-state index contributed by atoms with van der Waals surface area (Å²) in [5, 5.41) is 20.2. The number of carbonyl (C=O) groups excluding carboxylic acids is 1. The topological polar surface area (TPSA) is 95.9 Å². The molecule has 1 atom stereocenters. The molecule has 0 aliphatic rings. The summed E-state index contributed by atoms with van der Waals surface area (Å²) in [5.41, 5.74) is 0. The van der Waals surface area contributed by atoms with E-state index in [0.29, 0.717) is 6.61 Å². The summed E-state index contributed by atoms with van der Waals surface area (Å²) in [7, 11) is 0. The average Bonchev–Trinajstić information content (AvgIpc) is 2.55. The quantitative estimate of drug-likeness (QED) is 0.277. The van der Waals surface area contributed by atoms with Crippen molar-refractivity contribution in [1.82, 2.24) is 5.32 Å². The fraction of sp³-hybridized carbons (Fsp3) is 0.889. The minimum absolute atomic E-state index is 0.151. The summed E-state index contributed by atoms with van der Waals surface area (Å²) in [4.78, 5) is 22.5. The minimum Gasteiger partial charge on any atom is -0.481 e. The number of aliphatic hydroxyl groups is 1. The van der Waals surface area contributed by atoms with Crippen molar-refractivity contribution >= 4 is 11.9 Å². The van der Waals surface area contributed by atoms with E-state index in [1.54, 1.807) is 0 Å². The van der Waals surface area contributed by atoms with E-state index >= 15 is 0 Å². The smallest absolute Gasteiger partial charge is 0.323 e. The lowest BCUT2D eigenvalue weighted by Gasteiger charge is -2.15. The molecule has 0 fully saturated rings. The molecule has 0 rings (SSSR count). The van der Waals surface area contributed by atoms with Gasteiger partial charge >= 0.3 is 11.9 Å². The Hall–Kier alpha value is -1.14. The van der Waals surface area contributed by atoms with Gasteiger partial charge in [0, 0.05) is 6.54 Å². The zero-order chi connectivity index (χ0) is 18.0. The van der Waals surface area contributed by atoms with Crippen LogP contribution in [0.25, 0.3) is 0 Å². The third-order valence-corrected chi connectivity index (χ3v) is 3.91. The lowest BCUT2D eigenvalue weighted by atomic mass is 10.1. The average molecular weight is 345 g/mol. The van der Waals surface area contributed by atoms with Crippen LogP contribution in [0.1, 0.15) is 77.6 Å². The summed E-state index contributed by atoms with van der Waals surface area (Å²) in [6.07, 6.45) is 11.7. The number of hydrogen-bond donors (Lipinski definition) is 3. The number of carboxylic acids is 1. The molecule has 3 N–H and O–H groups in total. The third kappa shape index (κ3) is 14.5. The highest BCUT2D eigenvalue weighted by Crippen LogP contribution is 2.10. The van der Waals surface area contributed by atoms with Gasteiger partial charge in [0.1, 0.15) is 6.04 Å². The molecular weight excluding hydrogens is 310 g/mol. The van der Waals surface area contributed by atoms with Crippen LogP contribution in [-0.2, 0) is 14.3 Å². The van der Waals surface area contributed by atoms with Crippen molar-refractivity contribution in [2.75, 3.05) is 19.8 Å². The van der Waals surface area contributed by atoms with Gasteiger partial charge in [-0.25, -0.2) is 0 Å². The van der Waals surface area contributed by atoms with E-state index in [0.717, 1.165) is 19.3 Å². The summed E-state index contributed by atoms with van der Waals surface area (Å²) in [6, 6.07) is -0.891. The van der Waals surface area contributed by atoms with Gasteiger partial charge in [-0.3, -0.25) is 9.59 Å². The highest BCUT2D eigenvalue weighted by atomic mass is 16.5. The van der Waals surface area contributed by atoms with Crippen molar-refractivity contribution in [3.05, 3.63) is 0 Å². The number of aliphatic carboxylic acids is 1. The monoisotopic (exact) mass is 345 g/mol. The molecule has 142 valence electrons. The minimum atomic E-state index is -1.07. The van der Waals surface area contributed by atoms with E-state index < -0.39 is 18.0 Å². The highest BCUT2D eigenvalue weighted by Gasteiger charge is 2.22. The largest absolute Gasteiger partial charge is 0.481 e. The standard InChI is InChI=1S/C18H35NO5/c1-2-3-4-5-6-7-8-9-10-11-14-24-18(23)16(15-17(21)22)19-12-13-20/h16,19-20H,2-15H2,1H3,(H,21,22). The zero-order valence-corrected chi connectivity index (χ0v) is 15.1. The maximum atomic E-state index is 11.8. The maximum Gasteiger partial charge on any atom is 0.323 e. The van der Waals surface area contributed by atoms with Gasteiger partial charge in [0.05, 0.1) is 19.6 Å². The number of carboxylic acid groups (broad SMARTS) is 1. The number of rotatable bonds is 17. The van der Waals surface area contributed by atoms with Gasteiger partial charge in [-0.05, 0) is 6.42 Å². The van der Waals surface area contributed by atoms with E-state index in [4.69, 9.17) is 14.9 Å². The second kappa shape index (κ2) is 16.7. The summed E-state index contributed by atoms with van der Waals surface area (Å²) in [6.45, 7) is 2.57. The molecule has 0 radical (unpaired) electrons. The lowest BCUT2D eigenvalue weighted by Crippen LogP contribution is -2.41. The van der Waals surface area contributed by atoms with E-state index in [-0.39, 0.29) is 19.6 Å². The Morgan fingerprint density at radius 2 is 1.50 bits per heavy atom. The third-order valence-electron chi connectivity index (χ3n) is 3.91. The molecule has 0 aromatic carbocycles. The Kier molecular flexibility index (Phi) is 15.9. The summed E-state index contributed by atoms with van der Waals surface area (Å²) < 4.78 is 5.13. The fourth-order valence-corrected chi connectivity index (χ4v) is 2.52. The number of ether oxygens (including phenoxy) is 1. The number of esters is 1. The molecule has 24 heavy (non-hydrogen) atoms. The number of aliphatic hydroxyl groups excluding tert-OH is 1. The first-order valence-corrected chi connectivity index (χ1v) is 9.34. The normalized spacial score (nSPS) is 12.1. The molecule has 0 spiro atoms. The Bertz CT molecular complexity index is 323. The molecule has 0 bridgehead atoms. The van der Waals surface area contributed by atoms with Crippen LogP contribution in [0.2, 0.25) is 0 Å². The van der Waals surface area contributed by atoms with Gasteiger partial charge in [-0.1, -0.05) is 64.7 Å². The molecule has 0 amide bonds. The molecule has 1 unspecified atom stereocenters. The van der Waals surface area contributed by atoms with Gasteiger partial charge in [0.25, 0.3) is 0 Å². The second-order valence-electron chi connectivity index (χ2n) is 6.18. The van der Waals surface area contributed by atoms with Gasteiger partial charge < -0.3 is 20.3 Å². The predicted molar refractivity (Wildman–Crippen MR) is 93.9 cm³/mol. The number of nitrogens with one attached hydrogen (secondary N) is 1. The first kappa shape index (κ1) is 22.9. The van der Waals surface area contributed by atoms with Gasteiger partial charge in [-0.15, -0.1) is 0 Å². The van der Waals surface area contributed by atoms with Crippen molar-refractivity contribution in [3.63, 3.8) is 0 Å². The van der Waals surface area contributed by atoms with Crippen LogP contribution in [0, 0.1) is 0 Å². The molecular formula is C18H35NO5. The number of carbonyl (C=O) groups is 2. The van der Waals surface area contributed by atoms with Crippen LogP contribution < -0.4 is 5.32 Å². The first-order chi connectivity index (χ1) is 11.6. The Morgan fingerprint density at radius 1 is 0.958 bits per heavy atom. The molecule has 0 heterocycles. The second-order valence-corrected chi connectivity index (χ2v) is 6.18. The number of hydrogen-bond acceptors (Lipinski definition) is 5. The molecule has 6 nitrogen and oxygen atoms in total. The highest BCUT2D eigenvalue weighted by molar-refractivity contribution is 5.81. The predicted octanol–water partition coefficient (Wildman–Crippen LogP) is 2.88. The van der Waals surface area contributed by atoms with E-state index in [2.05, 4.69) is 12.2 Å². The first-order valence-electron chi connectivity index (χ1n) is 9.34. The Balaban J connectivity index is 3.59. The van der Waals surface area contributed by atoms with Crippen molar-refractivity contribution in [1.29, 1.82) is 0 Å². The molecule has 0 aromatic rings. The Labute approximate surface area is 146 Å².